The van der Waals surface area contributed by atoms with Gasteiger partial charge >= 0.3 is 0 Å². The standard InChI is InChI=1S/C11H17N3OS/c1-2-13-10-7-12-8-11(14-10)16-9-3-5-15-6-4-9/h7-9H,2-6H2,1H3,(H,13,14). The lowest BCUT2D eigenvalue weighted by atomic mass is 10.2. The molecule has 1 fully saturated rings. The van der Waals surface area contributed by atoms with Crippen LogP contribution in [0.5, 0.6) is 0 Å². The molecule has 0 bridgehead atoms. The van der Waals surface area contributed by atoms with E-state index in [0.29, 0.717) is 5.25 Å². The van der Waals surface area contributed by atoms with Crippen molar-refractivity contribution in [3.05, 3.63) is 12.4 Å². The molecule has 2 rings (SSSR count). The fourth-order valence-corrected chi connectivity index (χ4v) is 2.68. The van der Waals surface area contributed by atoms with Crippen LogP contribution in [0.25, 0.3) is 0 Å². The first kappa shape index (κ1) is 11.7. The van der Waals surface area contributed by atoms with Crippen LogP contribution in [0.4, 0.5) is 5.82 Å². The molecule has 5 heteroatoms. The van der Waals surface area contributed by atoms with Crippen LogP contribution in [0.15, 0.2) is 17.4 Å². The highest BCUT2D eigenvalue weighted by Crippen LogP contribution is 2.28. The van der Waals surface area contributed by atoms with Gasteiger partial charge in [0, 0.05) is 25.0 Å². The largest absolute Gasteiger partial charge is 0.381 e. The van der Waals surface area contributed by atoms with E-state index in [1.54, 1.807) is 6.20 Å². The molecule has 88 valence electrons. The highest BCUT2D eigenvalue weighted by atomic mass is 32.2. The van der Waals surface area contributed by atoms with Crippen LogP contribution in [-0.2, 0) is 4.74 Å². The van der Waals surface area contributed by atoms with Gasteiger partial charge in [0.25, 0.3) is 0 Å². The first-order chi connectivity index (χ1) is 7.88. The predicted octanol–water partition coefficient (Wildman–Crippen LogP) is 2.18. The molecule has 0 amide bonds. The molecule has 0 aliphatic carbocycles. The van der Waals surface area contributed by atoms with E-state index in [-0.39, 0.29) is 0 Å². The first-order valence-corrected chi connectivity index (χ1v) is 6.56. The monoisotopic (exact) mass is 239 g/mol. The van der Waals surface area contributed by atoms with Gasteiger partial charge in [-0.3, -0.25) is 4.98 Å². The zero-order chi connectivity index (χ0) is 11.2. The Morgan fingerprint density at radius 3 is 3.00 bits per heavy atom. The lowest BCUT2D eigenvalue weighted by Gasteiger charge is -2.20. The van der Waals surface area contributed by atoms with E-state index in [1.165, 1.54) is 0 Å². The van der Waals surface area contributed by atoms with Gasteiger partial charge < -0.3 is 10.1 Å². The molecule has 0 radical (unpaired) electrons. The molecule has 0 saturated carbocycles. The van der Waals surface area contributed by atoms with E-state index < -0.39 is 0 Å². The molecule has 16 heavy (non-hydrogen) atoms. The summed E-state index contributed by atoms with van der Waals surface area (Å²) in [5, 5.41) is 4.80. The van der Waals surface area contributed by atoms with Gasteiger partial charge in [-0.25, -0.2) is 4.98 Å². The number of hydrogen-bond donors (Lipinski definition) is 1. The van der Waals surface area contributed by atoms with Gasteiger partial charge in [-0.15, -0.1) is 11.8 Å². The Balaban J connectivity index is 1.94. The average molecular weight is 239 g/mol. The van der Waals surface area contributed by atoms with E-state index in [0.717, 1.165) is 43.4 Å². The lowest BCUT2D eigenvalue weighted by molar-refractivity contribution is 0.1000. The van der Waals surface area contributed by atoms with Gasteiger partial charge in [0.1, 0.15) is 10.8 Å². The number of thioether (sulfide) groups is 1. The van der Waals surface area contributed by atoms with E-state index in [1.807, 2.05) is 18.0 Å². The number of ether oxygens (including phenoxy) is 1. The summed E-state index contributed by atoms with van der Waals surface area (Å²) in [6.07, 6.45) is 5.81. The summed E-state index contributed by atoms with van der Waals surface area (Å²) in [4.78, 5) is 8.70. The number of nitrogens with zero attached hydrogens (tertiary/aromatic N) is 2. The molecule has 1 aromatic heterocycles. The molecule has 0 aromatic carbocycles. The van der Waals surface area contributed by atoms with Crippen molar-refractivity contribution in [1.82, 2.24) is 9.97 Å². The van der Waals surface area contributed by atoms with Crippen LogP contribution < -0.4 is 5.32 Å². The Morgan fingerprint density at radius 2 is 2.25 bits per heavy atom. The summed E-state index contributed by atoms with van der Waals surface area (Å²) in [7, 11) is 0. The normalized spacial score (nSPS) is 17.3. The molecule has 4 nitrogen and oxygen atoms in total. The molecular formula is C11H17N3OS. The van der Waals surface area contributed by atoms with Crippen LogP contribution in [0.1, 0.15) is 19.8 Å². The lowest BCUT2D eigenvalue weighted by Crippen LogP contribution is -2.17. The van der Waals surface area contributed by atoms with Crippen LogP contribution in [0.2, 0.25) is 0 Å². The fourth-order valence-electron chi connectivity index (χ4n) is 1.64. The topological polar surface area (TPSA) is 47.0 Å². The van der Waals surface area contributed by atoms with Gasteiger partial charge in [-0.1, -0.05) is 0 Å². The number of rotatable bonds is 4. The molecule has 1 aliphatic heterocycles. The fraction of sp³-hybridized carbons (Fsp3) is 0.636. The third-order valence-corrected chi connectivity index (χ3v) is 3.67. The zero-order valence-electron chi connectivity index (χ0n) is 9.48. The van der Waals surface area contributed by atoms with Crippen LogP contribution in [0.3, 0.4) is 0 Å². The van der Waals surface area contributed by atoms with Crippen molar-refractivity contribution < 1.29 is 4.74 Å². The van der Waals surface area contributed by atoms with Crippen molar-refractivity contribution in [3.63, 3.8) is 0 Å². The molecule has 1 N–H and O–H groups in total. The third-order valence-electron chi connectivity index (χ3n) is 2.43. The smallest absolute Gasteiger partial charge is 0.145 e. The first-order valence-electron chi connectivity index (χ1n) is 5.69. The van der Waals surface area contributed by atoms with Gasteiger partial charge in [0.2, 0.25) is 0 Å². The maximum Gasteiger partial charge on any atom is 0.145 e. The van der Waals surface area contributed by atoms with E-state index in [4.69, 9.17) is 4.74 Å². The average Bonchev–Trinajstić information content (AvgIpc) is 2.31. The van der Waals surface area contributed by atoms with Crippen molar-refractivity contribution in [2.24, 2.45) is 0 Å². The molecule has 0 atom stereocenters. The minimum Gasteiger partial charge on any atom is -0.381 e. The molecule has 0 spiro atoms. The van der Waals surface area contributed by atoms with Crippen LogP contribution in [-0.4, -0.2) is 35.0 Å². The Morgan fingerprint density at radius 1 is 1.44 bits per heavy atom. The summed E-state index contributed by atoms with van der Waals surface area (Å²) < 4.78 is 5.34. The number of anilines is 1. The molecule has 0 unspecified atom stereocenters. The molecule has 1 aliphatic rings. The molecular weight excluding hydrogens is 222 g/mol. The predicted molar refractivity (Wildman–Crippen MR) is 65.9 cm³/mol. The highest BCUT2D eigenvalue weighted by molar-refractivity contribution is 7.99. The van der Waals surface area contributed by atoms with Crippen molar-refractivity contribution in [3.8, 4) is 0 Å². The van der Waals surface area contributed by atoms with Gasteiger partial charge in [-0.2, -0.15) is 0 Å². The van der Waals surface area contributed by atoms with E-state index in [9.17, 15) is 0 Å². The van der Waals surface area contributed by atoms with E-state index in [2.05, 4.69) is 22.2 Å². The summed E-state index contributed by atoms with van der Waals surface area (Å²) in [6, 6.07) is 0. The molecule has 1 aromatic rings. The Bertz CT molecular complexity index is 329. The number of hydrogen-bond acceptors (Lipinski definition) is 5. The van der Waals surface area contributed by atoms with Gasteiger partial charge in [0.15, 0.2) is 0 Å². The van der Waals surface area contributed by atoms with Gasteiger partial charge in [0.05, 0.1) is 12.4 Å². The summed E-state index contributed by atoms with van der Waals surface area (Å²) >= 11 is 1.81. The molecule has 1 saturated heterocycles. The van der Waals surface area contributed by atoms with Gasteiger partial charge in [-0.05, 0) is 19.8 Å². The summed E-state index contributed by atoms with van der Waals surface area (Å²) in [6.45, 7) is 4.68. The Labute approximate surface area is 100 Å². The SMILES string of the molecule is CCNc1cncc(SC2CCOCC2)n1. The van der Waals surface area contributed by atoms with Crippen molar-refractivity contribution in [1.29, 1.82) is 0 Å². The third kappa shape index (κ3) is 3.35. The number of aromatic nitrogens is 2. The maximum absolute atomic E-state index is 5.34. The number of nitrogens with one attached hydrogen (secondary N) is 1. The Hall–Kier alpha value is -0.810. The van der Waals surface area contributed by atoms with Crippen LogP contribution >= 0.6 is 11.8 Å². The second-order valence-electron chi connectivity index (χ2n) is 3.70. The second-order valence-corrected chi connectivity index (χ2v) is 5.02. The van der Waals surface area contributed by atoms with Crippen molar-refractivity contribution in [2.45, 2.75) is 30.0 Å². The maximum atomic E-state index is 5.34. The highest BCUT2D eigenvalue weighted by Gasteiger charge is 2.15. The quantitative estimate of drug-likeness (QED) is 0.872. The zero-order valence-corrected chi connectivity index (χ0v) is 10.3. The summed E-state index contributed by atoms with van der Waals surface area (Å²) in [5.74, 6) is 0.861. The molecule has 2 heterocycles. The van der Waals surface area contributed by atoms with Crippen molar-refractivity contribution in [2.75, 3.05) is 25.1 Å². The second kappa shape index (κ2) is 6.06. The van der Waals surface area contributed by atoms with Crippen LogP contribution in [0, 0.1) is 0 Å². The minimum atomic E-state index is 0.625. The minimum absolute atomic E-state index is 0.625. The summed E-state index contributed by atoms with van der Waals surface area (Å²) in [5.41, 5.74) is 0. The Kier molecular flexibility index (Phi) is 4.42. The van der Waals surface area contributed by atoms with Crippen molar-refractivity contribution >= 4 is 17.6 Å². The van der Waals surface area contributed by atoms with E-state index >= 15 is 0 Å².